The lowest BCUT2D eigenvalue weighted by molar-refractivity contribution is 0.436. The maximum atomic E-state index is 6.72. The van der Waals surface area contributed by atoms with E-state index < -0.39 is 5.41 Å². The second-order valence-corrected chi connectivity index (χ2v) is 12.8. The first kappa shape index (κ1) is 28.4. The molecule has 0 bridgehead atoms. The summed E-state index contributed by atoms with van der Waals surface area (Å²) in [4.78, 5) is 14.9. The quantitative estimate of drug-likeness (QED) is 0.192. The number of rotatable bonds is 4. The maximum absolute atomic E-state index is 6.72. The molecule has 50 heavy (non-hydrogen) atoms. The molecular formula is C46H29N3O. The molecule has 0 atom stereocenters. The molecule has 0 N–H and O–H groups in total. The summed E-state index contributed by atoms with van der Waals surface area (Å²) in [5.74, 6) is 2.40. The van der Waals surface area contributed by atoms with Gasteiger partial charge in [0.15, 0.2) is 5.82 Å². The van der Waals surface area contributed by atoms with Gasteiger partial charge in [-0.25, -0.2) is 9.97 Å². The van der Waals surface area contributed by atoms with Crippen LogP contribution in [0, 0.1) is 0 Å². The third-order valence-corrected chi connectivity index (χ3v) is 10.0. The number of hydrogen-bond acceptors (Lipinski definition) is 4. The molecule has 0 radical (unpaired) electrons. The Morgan fingerprint density at radius 3 is 1.62 bits per heavy atom. The third kappa shape index (κ3) is 4.28. The maximum Gasteiger partial charge on any atom is 0.160 e. The predicted octanol–water partition coefficient (Wildman–Crippen LogP) is 11.0. The minimum Gasteiger partial charge on any atom is -0.457 e. The Kier molecular flexibility index (Phi) is 6.36. The number of ether oxygens (including phenoxy) is 1. The van der Waals surface area contributed by atoms with E-state index in [4.69, 9.17) is 19.7 Å². The summed E-state index contributed by atoms with van der Waals surface area (Å²) in [6.07, 6.45) is 1.90. The number of nitrogens with zero attached hydrogens (tertiary/aromatic N) is 3. The zero-order chi connectivity index (χ0) is 33.1. The highest BCUT2D eigenvalue weighted by atomic mass is 16.5. The first-order valence-electron chi connectivity index (χ1n) is 16.9. The van der Waals surface area contributed by atoms with Crippen molar-refractivity contribution in [2.75, 3.05) is 0 Å². The van der Waals surface area contributed by atoms with Crippen LogP contribution in [0.1, 0.15) is 22.3 Å². The molecule has 3 heterocycles. The van der Waals surface area contributed by atoms with Gasteiger partial charge >= 0.3 is 0 Å². The smallest absolute Gasteiger partial charge is 0.160 e. The van der Waals surface area contributed by atoms with Gasteiger partial charge in [-0.05, 0) is 52.6 Å². The summed E-state index contributed by atoms with van der Waals surface area (Å²) in [6.45, 7) is 0. The van der Waals surface area contributed by atoms with Crippen molar-refractivity contribution in [2.45, 2.75) is 5.41 Å². The predicted molar refractivity (Wildman–Crippen MR) is 199 cm³/mol. The van der Waals surface area contributed by atoms with Gasteiger partial charge in [-0.15, -0.1) is 0 Å². The number of hydrogen-bond donors (Lipinski definition) is 0. The van der Waals surface area contributed by atoms with Crippen LogP contribution in [0.5, 0.6) is 11.5 Å². The number of pyridine rings is 1. The first-order chi connectivity index (χ1) is 24.8. The monoisotopic (exact) mass is 639 g/mol. The van der Waals surface area contributed by atoms with Crippen LogP contribution in [0.4, 0.5) is 0 Å². The first-order valence-corrected chi connectivity index (χ1v) is 16.9. The Balaban J connectivity index is 1.08. The van der Waals surface area contributed by atoms with Gasteiger partial charge in [0.2, 0.25) is 0 Å². The molecule has 1 spiro atoms. The molecule has 10 rings (SSSR count). The lowest BCUT2D eigenvalue weighted by atomic mass is 9.66. The minimum absolute atomic E-state index is 0.479. The highest BCUT2D eigenvalue weighted by Gasteiger charge is 2.50. The van der Waals surface area contributed by atoms with Gasteiger partial charge in [-0.3, -0.25) is 4.98 Å². The summed E-state index contributed by atoms with van der Waals surface area (Å²) in [5.41, 5.74) is 13.4. The van der Waals surface area contributed by atoms with Crippen LogP contribution in [0.15, 0.2) is 176 Å². The van der Waals surface area contributed by atoms with Crippen molar-refractivity contribution in [3.8, 4) is 67.8 Å². The number of fused-ring (bicyclic) bond motifs is 9. The molecule has 0 saturated carbocycles. The molecule has 234 valence electrons. The van der Waals surface area contributed by atoms with Crippen LogP contribution in [0.2, 0.25) is 0 Å². The van der Waals surface area contributed by atoms with E-state index >= 15 is 0 Å². The van der Waals surface area contributed by atoms with Crippen molar-refractivity contribution >= 4 is 0 Å². The molecule has 0 saturated heterocycles. The normalized spacial score (nSPS) is 13.1. The summed E-state index contributed by atoms with van der Waals surface area (Å²) >= 11 is 0. The van der Waals surface area contributed by atoms with Crippen molar-refractivity contribution in [3.63, 3.8) is 0 Å². The summed E-state index contributed by atoms with van der Waals surface area (Å²) < 4.78 is 6.72. The number of aromatic nitrogens is 3. The molecule has 4 nitrogen and oxygen atoms in total. The van der Waals surface area contributed by atoms with Crippen molar-refractivity contribution in [1.29, 1.82) is 0 Å². The van der Waals surface area contributed by atoms with Crippen molar-refractivity contribution < 1.29 is 4.74 Å². The molecule has 0 amide bonds. The molecule has 0 unspecified atom stereocenters. The SMILES string of the molecule is c1ccc(-c2cc(-c3ccc(-c4ccc5c(c4)Oc4ccccc4C54c5ccccc5-c5ccccc54)nc3)nc(-c3ccccc3)n2)cc1. The lowest BCUT2D eigenvalue weighted by Gasteiger charge is -2.39. The fourth-order valence-electron chi connectivity index (χ4n) is 7.80. The van der Waals surface area contributed by atoms with Crippen molar-refractivity contribution in [3.05, 3.63) is 198 Å². The van der Waals surface area contributed by atoms with E-state index in [0.29, 0.717) is 5.82 Å². The van der Waals surface area contributed by atoms with E-state index in [1.165, 1.54) is 22.3 Å². The molecule has 1 aliphatic heterocycles. The largest absolute Gasteiger partial charge is 0.457 e. The van der Waals surface area contributed by atoms with Crippen LogP contribution in [-0.4, -0.2) is 15.0 Å². The van der Waals surface area contributed by atoms with Crippen LogP contribution in [-0.2, 0) is 5.41 Å². The number of para-hydroxylation sites is 1. The van der Waals surface area contributed by atoms with E-state index in [2.05, 4.69) is 109 Å². The van der Waals surface area contributed by atoms with Crippen molar-refractivity contribution in [1.82, 2.24) is 15.0 Å². The zero-order valence-electron chi connectivity index (χ0n) is 27.0. The highest BCUT2D eigenvalue weighted by molar-refractivity contribution is 5.89. The average Bonchev–Trinajstić information content (AvgIpc) is 3.49. The van der Waals surface area contributed by atoms with E-state index in [9.17, 15) is 0 Å². The standard InChI is InChI=1S/C46H29N3O/c1-3-13-30(14-4-1)41-28-42(49-45(48-41)31-15-5-2-6-16-31)33-24-26-40(47-29-33)32-23-25-39-44(27-32)50-43-22-12-11-21-38(43)46(39)36-19-9-7-17-34(36)35-18-8-10-20-37(35)46/h1-29H. The summed E-state index contributed by atoms with van der Waals surface area (Å²) in [6, 6.07) is 59.1. The van der Waals surface area contributed by atoms with Gasteiger partial charge in [0.05, 0.1) is 22.5 Å². The topological polar surface area (TPSA) is 47.9 Å². The van der Waals surface area contributed by atoms with E-state index in [1.807, 2.05) is 66.9 Å². The summed E-state index contributed by atoms with van der Waals surface area (Å²) in [7, 11) is 0. The van der Waals surface area contributed by atoms with Gasteiger partial charge < -0.3 is 4.74 Å². The Morgan fingerprint density at radius 2 is 0.940 bits per heavy atom. The Labute approximate surface area is 290 Å². The molecule has 6 aromatic carbocycles. The van der Waals surface area contributed by atoms with Crippen molar-refractivity contribution in [2.24, 2.45) is 0 Å². The third-order valence-electron chi connectivity index (χ3n) is 10.0. The van der Waals surface area contributed by atoms with Gasteiger partial charge in [-0.2, -0.15) is 0 Å². The summed E-state index contributed by atoms with van der Waals surface area (Å²) in [5, 5.41) is 0. The molecule has 8 aromatic rings. The Morgan fingerprint density at radius 1 is 0.380 bits per heavy atom. The van der Waals surface area contributed by atoms with Gasteiger partial charge in [0.25, 0.3) is 0 Å². The molecule has 0 fully saturated rings. The second-order valence-electron chi connectivity index (χ2n) is 12.8. The van der Waals surface area contributed by atoms with Crippen LogP contribution < -0.4 is 4.74 Å². The van der Waals surface area contributed by atoms with Crippen LogP contribution in [0.3, 0.4) is 0 Å². The number of benzene rings is 6. The Hall–Kier alpha value is -6.65. The molecule has 2 aliphatic rings. The molecule has 1 aliphatic carbocycles. The fraction of sp³-hybridized carbons (Fsp3) is 0.0217. The Bertz CT molecular complexity index is 2460. The van der Waals surface area contributed by atoms with Gasteiger partial charge in [-0.1, -0.05) is 140 Å². The average molecular weight is 640 g/mol. The molecule has 4 heteroatoms. The van der Waals surface area contributed by atoms with E-state index in [1.54, 1.807) is 0 Å². The van der Waals surface area contributed by atoms with E-state index in [-0.39, 0.29) is 0 Å². The highest BCUT2D eigenvalue weighted by Crippen LogP contribution is 2.62. The van der Waals surface area contributed by atoms with Crippen LogP contribution >= 0.6 is 0 Å². The molecule has 2 aromatic heterocycles. The van der Waals surface area contributed by atoms with Gasteiger partial charge in [0.1, 0.15) is 11.5 Å². The van der Waals surface area contributed by atoms with Crippen LogP contribution in [0.25, 0.3) is 56.3 Å². The lowest BCUT2D eigenvalue weighted by Crippen LogP contribution is -2.32. The molecular weight excluding hydrogens is 611 g/mol. The fourth-order valence-corrected chi connectivity index (χ4v) is 7.80. The minimum atomic E-state index is -0.479. The van der Waals surface area contributed by atoms with E-state index in [0.717, 1.165) is 62.0 Å². The van der Waals surface area contributed by atoms with Gasteiger partial charge in [0, 0.05) is 39.6 Å². The second kappa shape index (κ2) is 11.2. The zero-order valence-corrected chi connectivity index (χ0v) is 27.0.